The Labute approximate surface area is 161 Å². The number of hydrogen-bond acceptors (Lipinski definition) is 5. The maximum absolute atomic E-state index is 13.2. The molecule has 0 amide bonds. The predicted octanol–water partition coefficient (Wildman–Crippen LogP) is 5.33. The summed E-state index contributed by atoms with van der Waals surface area (Å²) < 4.78 is 35.5. The molecule has 1 heterocycles. The van der Waals surface area contributed by atoms with Crippen molar-refractivity contribution in [2.45, 2.75) is 0 Å². The van der Waals surface area contributed by atoms with Crippen molar-refractivity contribution < 1.29 is 23.0 Å². The third-order valence-corrected chi connectivity index (χ3v) is 4.48. The molecule has 0 aliphatic heterocycles. The summed E-state index contributed by atoms with van der Waals surface area (Å²) in [6.45, 7) is 0. The van der Waals surface area contributed by atoms with Gasteiger partial charge in [-0.05, 0) is 48.0 Å². The summed E-state index contributed by atoms with van der Waals surface area (Å²) in [6.07, 6.45) is 0. The summed E-state index contributed by atoms with van der Waals surface area (Å²) in [4.78, 5) is 4.54. The summed E-state index contributed by atoms with van der Waals surface area (Å²) in [5, 5.41) is 0. The first-order valence-corrected chi connectivity index (χ1v) is 8.60. The highest BCUT2D eigenvalue weighted by molar-refractivity contribution is 5.92. The number of nitrogens with zero attached hydrogens (tertiary/aromatic N) is 1. The van der Waals surface area contributed by atoms with E-state index in [4.69, 9.17) is 18.6 Å². The fourth-order valence-electron chi connectivity index (χ4n) is 3.13. The molecular formula is C22H18FNO4. The van der Waals surface area contributed by atoms with E-state index in [-0.39, 0.29) is 5.82 Å². The minimum absolute atomic E-state index is 0.307. The van der Waals surface area contributed by atoms with Crippen molar-refractivity contribution in [1.29, 1.82) is 0 Å². The fourth-order valence-corrected chi connectivity index (χ4v) is 3.13. The SMILES string of the molecule is COc1cc(-c2cccc3nc(-c4ccc(F)cc4)oc23)cc(OC)c1OC. The lowest BCUT2D eigenvalue weighted by atomic mass is 10.0. The number of methoxy groups -OCH3 is 3. The van der Waals surface area contributed by atoms with Gasteiger partial charge in [-0.1, -0.05) is 12.1 Å². The molecule has 6 heteroatoms. The first-order chi connectivity index (χ1) is 13.6. The Morgan fingerprint density at radius 1 is 0.821 bits per heavy atom. The van der Waals surface area contributed by atoms with E-state index < -0.39 is 0 Å². The van der Waals surface area contributed by atoms with Crippen LogP contribution in [0, 0.1) is 5.82 Å². The molecule has 0 radical (unpaired) electrons. The van der Waals surface area contributed by atoms with Crippen LogP contribution in [0.15, 0.2) is 59.0 Å². The van der Waals surface area contributed by atoms with Gasteiger partial charge in [0.15, 0.2) is 17.1 Å². The molecule has 1 aromatic heterocycles. The second kappa shape index (κ2) is 7.23. The molecule has 0 saturated heterocycles. The molecule has 5 nitrogen and oxygen atoms in total. The minimum atomic E-state index is -0.307. The smallest absolute Gasteiger partial charge is 0.227 e. The number of para-hydroxylation sites is 1. The van der Waals surface area contributed by atoms with Gasteiger partial charge in [0.2, 0.25) is 11.6 Å². The van der Waals surface area contributed by atoms with Gasteiger partial charge in [-0.3, -0.25) is 0 Å². The van der Waals surface area contributed by atoms with Crippen LogP contribution in [0.4, 0.5) is 4.39 Å². The molecule has 28 heavy (non-hydrogen) atoms. The Bertz CT molecular complexity index is 1110. The number of aromatic nitrogens is 1. The highest BCUT2D eigenvalue weighted by atomic mass is 19.1. The zero-order valence-corrected chi connectivity index (χ0v) is 15.7. The van der Waals surface area contributed by atoms with E-state index in [0.717, 1.165) is 11.1 Å². The first-order valence-electron chi connectivity index (χ1n) is 8.60. The second-order valence-corrected chi connectivity index (χ2v) is 6.09. The van der Waals surface area contributed by atoms with Crippen molar-refractivity contribution in [2.24, 2.45) is 0 Å². The van der Waals surface area contributed by atoms with Crippen LogP contribution in [0.1, 0.15) is 0 Å². The van der Waals surface area contributed by atoms with Crippen LogP contribution in [0.2, 0.25) is 0 Å². The van der Waals surface area contributed by atoms with E-state index in [0.29, 0.717) is 39.8 Å². The average Bonchev–Trinajstić information content (AvgIpc) is 3.17. The largest absolute Gasteiger partial charge is 0.493 e. The third kappa shape index (κ3) is 3.03. The van der Waals surface area contributed by atoms with Gasteiger partial charge in [-0.2, -0.15) is 0 Å². The zero-order valence-electron chi connectivity index (χ0n) is 15.7. The highest BCUT2D eigenvalue weighted by Gasteiger charge is 2.18. The Morgan fingerprint density at radius 2 is 1.50 bits per heavy atom. The lowest BCUT2D eigenvalue weighted by molar-refractivity contribution is 0.324. The van der Waals surface area contributed by atoms with Gasteiger partial charge in [-0.25, -0.2) is 9.37 Å². The Kier molecular flexibility index (Phi) is 4.61. The van der Waals surface area contributed by atoms with Crippen molar-refractivity contribution in [3.8, 4) is 39.8 Å². The van der Waals surface area contributed by atoms with Crippen molar-refractivity contribution in [3.63, 3.8) is 0 Å². The second-order valence-electron chi connectivity index (χ2n) is 6.09. The van der Waals surface area contributed by atoms with E-state index in [1.165, 1.54) is 12.1 Å². The first kappa shape index (κ1) is 17.9. The topological polar surface area (TPSA) is 53.7 Å². The quantitative estimate of drug-likeness (QED) is 0.469. The average molecular weight is 379 g/mol. The van der Waals surface area contributed by atoms with Gasteiger partial charge >= 0.3 is 0 Å². The third-order valence-electron chi connectivity index (χ3n) is 4.48. The summed E-state index contributed by atoms with van der Waals surface area (Å²) in [5.41, 5.74) is 3.69. The van der Waals surface area contributed by atoms with Crippen LogP contribution < -0.4 is 14.2 Å². The number of hydrogen-bond donors (Lipinski definition) is 0. The normalized spacial score (nSPS) is 10.9. The molecule has 4 aromatic rings. The van der Waals surface area contributed by atoms with Crippen LogP contribution in [-0.4, -0.2) is 26.3 Å². The molecule has 0 N–H and O–H groups in total. The maximum Gasteiger partial charge on any atom is 0.227 e. The van der Waals surface area contributed by atoms with E-state index in [1.807, 2.05) is 30.3 Å². The summed E-state index contributed by atoms with van der Waals surface area (Å²) in [6, 6.07) is 15.5. The van der Waals surface area contributed by atoms with Crippen LogP contribution in [0.5, 0.6) is 17.2 Å². The molecule has 0 fully saturated rings. The molecule has 0 unspecified atom stereocenters. The van der Waals surface area contributed by atoms with Crippen molar-refractivity contribution in [3.05, 3.63) is 60.4 Å². The molecule has 142 valence electrons. The van der Waals surface area contributed by atoms with E-state index >= 15 is 0 Å². The summed E-state index contributed by atoms with van der Waals surface area (Å²) in [7, 11) is 4.71. The lowest BCUT2D eigenvalue weighted by Crippen LogP contribution is -1.95. The number of halogens is 1. The maximum atomic E-state index is 13.2. The molecule has 4 rings (SSSR count). The summed E-state index contributed by atoms with van der Waals surface area (Å²) >= 11 is 0. The standard InChI is InChI=1S/C22H18FNO4/c1-25-18-11-14(12-19(26-2)21(18)27-3)16-5-4-6-17-20(16)28-22(24-17)13-7-9-15(23)10-8-13/h4-12H,1-3H3. The highest BCUT2D eigenvalue weighted by Crippen LogP contribution is 2.43. The lowest BCUT2D eigenvalue weighted by Gasteiger charge is -2.14. The van der Waals surface area contributed by atoms with Crippen LogP contribution in [-0.2, 0) is 0 Å². The molecule has 0 spiro atoms. The predicted molar refractivity (Wildman–Crippen MR) is 104 cm³/mol. The monoisotopic (exact) mass is 379 g/mol. The number of benzene rings is 3. The van der Waals surface area contributed by atoms with E-state index in [2.05, 4.69) is 4.98 Å². The zero-order chi connectivity index (χ0) is 19.7. The number of oxazole rings is 1. The molecule has 0 saturated carbocycles. The molecule has 0 aliphatic rings. The molecule has 0 aliphatic carbocycles. The Morgan fingerprint density at radius 3 is 2.11 bits per heavy atom. The van der Waals surface area contributed by atoms with Gasteiger partial charge < -0.3 is 18.6 Å². The van der Waals surface area contributed by atoms with Crippen molar-refractivity contribution in [1.82, 2.24) is 4.98 Å². The molecule has 0 atom stereocenters. The van der Waals surface area contributed by atoms with Gasteiger partial charge in [0.05, 0.1) is 21.3 Å². The number of ether oxygens (including phenoxy) is 3. The molecule has 3 aromatic carbocycles. The molecule has 0 bridgehead atoms. The van der Waals surface area contributed by atoms with Gasteiger partial charge in [-0.15, -0.1) is 0 Å². The van der Waals surface area contributed by atoms with E-state index in [1.54, 1.807) is 33.5 Å². The van der Waals surface area contributed by atoms with Crippen LogP contribution >= 0.6 is 0 Å². The number of rotatable bonds is 5. The Hall–Kier alpha value is -3.54. The Balaban J connectivity index is 1.89. The van der Waals surface area contributed by atoms with Crippen molar-refractivity contribution >= 4 is 11.1 Å². The summed E-state index contributed by atoms with van der Waals surface area (Å²) in [5.74, 6) is 1.73. The van der Waals surface area contributed by atoms with Crippen LogP contribution in [0.3, 0.4) is 0 Å². The van der Waals surface area contributed by atoms with Crippen LogP contribution in [0.25, 0.3) is 33.7 Å². The van der Waals surface area contributed by atoms with Gasteiger partial charge in [0.25, 0.3) is 0 Å². The van der Waals surface area contributed by atoms with Crippen molar-refractivity contribution in [2.75, 3.05) is 21.3 Å². The van der Waals surface area contributed by atoms with E-state index in [9.17, 15) is 4.39 Å². The van der Waals surface area contributed by atoms with Gasteiger partial charge in [0.1, 0.15) is 11.3 Å². The molecular weight excluding hydrogens is 361 g/mol. The number of fused-ring (bicyclic) bond motifs is 1. The fraction of sp³-hybridized carbons (Fsp3) is 0.136. The van der Waals surface area contributed by atoms with Gasteiger partial charge in [0, 0.05) is 11.1 Å². The minimum Gasteiger partial charge on any atom is -0.493 e.